The van der Waals surface area contributed by atoms with E-state index in [1.165, 1.54) is 13.2 Å². The zero-order chi connectivity index (χ0) is 13.0. The molecule has 0 fully saturated rings. The van der Waals surface area contributed by atoms with Gasteiger partial charge in [-0.2, -0.15) is 0 Å². The van der Waals surface area contributed by atoms with Crippen LogP contribution in [0.5, 0.6) is 11.5 Å². The van der Waals surface area contributed by atoms with Crippen molar-refractivity contribution in [3.8, 4) is 11.5 Å². The molecule has 1 aromatic rings. The van der Waals surface area contributed by atoms with Gasteiger partial charge in [-0.25, -0.2) is 4.79 Å². The van der Waals surface area contributed by atoms with Crippen molar-refractivity contribution in [2.24, 2.45) is 0 Å². The Balaban J connectivity index is 3.27. The lowest BCUT2D eigenvalue weighted by Crippen LogP contribution is -2.06. The highest BCUT2D eigenvalue weighted by Gasteiger charge is 2.20. The predicted octanol–water partition coefficient (Wildman–Crippen LogP) is 2.54. The molecule has 0 bridgehead atoms. The highest BCUT2D eigenvalue weighted by Crippen LogP contribution is 2.34. The molecule has 0 aliphatic carbocycles. The largest absolute Gasteiger partial charge is 0.508 e. The van der Waals surface area contributed by atoms with Crippen LogP contribution in [0.3, 0.4) is 0 Å². The van der Waals surface area contributed by atoms with Gasteiger partial charge >= 0.3 is 5.97 Å². The van der Waals surface area contributed by atoms with Gasteiger partial charge in [0.2, 0.25) is 0 Å². The molecule has 0 saturated heterocycles. The van der Waals surface area contributed by atoms with Crippen LogP contribution in [0, 0.1) is 6.92 Å². The zero-order valence-electron chi connectivity index (χ0n) is 10.4. The molecule has 0 amide bonds. The van der Waals surface area contributed by atoms with Crippen LogP contribution in [0.2, 0.25) is 0 Å². The van der Waals surface area contributed by atoms with Gasteiger partial charge in [0, 0.05) is 5.56 Å². The first-order valence-electron chi connectivity index (χ1n) is 5.65. The lowest BCUT2D eigenvalue weighted by atomic mass is 9.98. The Labute approximate surface area is 101 Å². The first-order valence-corrected chi connectivity index (χ1v) is 5.65. The van der Waals surface area contributed by atoms with Gasteiger partial charge < -0.3 is 14.9 Å². The van der Waals surface area contributed by atoms with Crippen molar-refractivity contribution in [2.45, 2.75) is 33.1 Å². The van der Waals surface area contributed by atoms with Crippen LogP contribution >= 0.6 is 0 Å². The maximum Gasteiger partial charge on any atom is 0.341 e. The number of carbonyl (C=O) groups is 1. The number of benzene rings is 1. The van der Waals surface area contributed by atoms with Crippen LogP contribution < -0.4 is 0 Å². The molecule has 4 nitrogen and oxygen atoms in total. The van der Waals surface area contributed by atoms with Gasteiger partial charge in [0.1, 0.15) is 17.1 Å². The third kappa shape index (κ3) is 2.70. The van der Waals surface area contributed by atoms with Crippen LogP contribution in [0.15, 0.2) is 6.07 Å². The third-order valence-corrected chi connectivity index (χ3v) is 2.75. The minimum absolute atomic E-state index is 0.0288. The Bertz CT molecular complexity index is 424. The summed E-state index contributed by atoms with van der Waals surface area (Å²) in [5.74, 6) is -0.721. The molecule has 0 aromatic heterocycles. The number of hydrogen-bond acceptors (Lipinski definition) is 4. The summed E-state index contributed by atoms with van der Waals surface area (Å²) in [6.45, 7) is 3.67. The Kier molecular flexibility index (Phi) is 4.37. The second kappa shape index (κ2) is 5.57. The summed E-state index contributed by atoms with van der Waals surface area (Å²) in [6.07, 6.45) is 2.32. The lowest BCUT2D eigenvalue weighted by molar-refractivity contribution is 0.0596. The Morgan fingerprint density at radius 1 is 1.41 bits per heavy atom. The van der Waals surface area contributed by atoms with Gasteiger partial charge in [0.25, 0.3) is 0 Å². The van der Waals surface area contributed by atoms with E-state index in [4.69, 9.17) is 0 Å². The van der Waals surface area contributed by atoms with E-state index in [1.807, 2.05) is 6.92 Å². The van der Waals surface area contributed by atoms with Gasteiger partial charge in [0.15, 0.2) is 0 Å². The van der Waals surface area contributed by atoms with E-state index in [-0.39, 0.29) is 17.1 Å². The first-order chi connectivity index (χ1) is 8.02. The van der Waals surface area contributed by atoms with E-state index in [2.05, 4.69) is 4.74 Å². The summed E-state index contributed by atoms with van der Waals surface area (Å²) in [4.78, 5) is 11.5. The van der Waals surface area contributed by atoms with Crippen molar-refractivity contribution in [3.63, 3.8) is 0 Å². The van der Waals surface area contributed by atoms with Crippen molar-refractivity contribution < 1.29 is 19.7 Å². The number of carbonyl (C=O) groups excluding carboxylic acids is 1. The smallest absolute Gasteiger partial charge is 0.341 e. The summed E-state index contributed by atoms with van der Waals surface area (Å²) in [6, 6.07) is 1.48. The number of hydrogen-bond donors (Lipinski definition) is 2. The van der Waals surface area contributed by atoms with E-state index in [9.17, 15) is 15.0 Å². The fourth-order valence-electron chi connectivity index (χ4n) is 1.78. The van der Waals surface area contributed by atoms with Gasteiger partial charge in [-0.3, -0.25) is 0 Å². The zero-order valence-corrected chi connectivity index (χ0v) is 10.4. The van der Waals surface area contributed by atoms with Crippen molar-refractivity contribution in [3.05, 3.63) is 22.8 Å². The average Bonchev–Trinajstić information content (AvgIpc) is 2.28. The number of rotatable bonds is 4. The molecule has 0 radical (unpaired) electrons. The molecule has 0 unspecified atom stereocenters. The van der Waals surface area contributed by atoms with E-state index >= 15 is 0 Å². The van der Waals surface area contributed by atoms with Crippen molar-refractivity contribution in [2.75, 3.05) is 7.11 Å². The Hall–Kier alpha value is -1.71. The second-order valence-electron chi connectivity index (χ2n) is 4.01. The molecule has 0 aliphatic heterocycles. The highest BCUT2D eigenvalue weighted by molar-refractivity contribution is 5.95. The number of phenolic OH excluding ortho intramolecular Hbond substituents is 2. The number of esters is 1. The number of aromatic hydroxyl groups is 2. The molecule has 0 spiro atoms. The summed E-state index contributed by atoms with van der Waals surface area (Å²) in [7, 11) is 1.26. The summed E-state index contributed by atoms with van der Waals surface area (Å²) in [5.41, 5.74) is 1.06. The summed E-state index contributed by atoms with van der Waals surface area (Å²) in [5, 5.41) is 19.8. The Morgan fingerprint density at radius 3 is 2.59 bits per heavy atom. The monoisotopic (exact) mass is 238 g/mol. The van der Waals surface area contributed by atoms with E-state index in [0.29, 0.717) is 17.5 Å². The lowest BCUT2D eigenvalue weighted by Gasteiger charge is -2.13. The van der Waals surface area contributed by atoms with Gasteiger partial charge in [-0.1, -0.05) is 13.3 Å². The number of aryl methyl sites for hydroxylation is 1. The molecule has 2 N–H and O–H groups in total. The van der Waals surface area contributed by atoms with Crippen LogP contribution in [0.25, 0.3) is 0 Å². The average molecular weight is 238 g/mol. The molecule has 0 saturated carbocycles. The number of phenols is 2. The molecule has 94 valence electrons. The molecular formula is C13H18O4. The predicted molar refractivity (Wildman–Crippen MR) is 64.5 cm³/mol. The van der Waals surface area contributed by atoms with Gasteiger partial charge in [-0.15, -0.1) is 0 Å². The quantitative estimate of drug-likeness (QED) is 0.791. The van der Waals surface area contributed by atoms with Crippen molar-refractivity contribution >= 4 is 5.97 Å². The third-order valence-electron chi connectivity index (χ3n) is 2.75. The van der Waals surface area contributed by atoms with Crippen LogP contribution in [0.1, 0.15) is 41.3 Å². The second-order valence-corrected chi connectivity index (χ2v) is 4.01. The fraction of sp³-hybridized carbons (Fsp3) is 0.462. The Morgan fingerprint density at radius 2 is 2.06 bits per heavy atom. The molecule has 0 aliphatic rings. The van der Waals surface area contributed by atoms with Crippen LogP contribution in [-0.2, 0) is 11.2 Å². The minimum atomic E-state index is -0.585. The van der Waals surface area contributed by atoms with Crippen LogP contribution in [0.4, 0.5) is 0 Å². The molecular weight excluding hydrogens is 220 g/mol. The first kappa shape index (κ1) is 13.4. The topological polar surface area (TPSA) is 66.8 Å². The van der Waals surface area contributed by atoms with E-state index in [0.717, 1.165) is 12.8 Å². The maximum absolute atomic E-state index is 11.5. The summed E-state index contributed by atoms with van der Waals surface area (Å²) >= 11 is 0. The molecule has 1 aromatic carbocycles. The van der Waals surface area contributed by atoms with E-state index in [1.54, 1.807) is 6.92 Å². The van der Waals surface area contributed by atoms with Gasteiger partial charge in [-0.05, 0) is 31.4 Å². The van der Waals surface area contributed by atoms with Crippen molar-refractivity contribution in [1.29, 1.82) is 0 Å². The van der Waals surface area contributed by atoms with Gasteiger partial charge in [0.05, 0.1) is 7.11 Å². The number of ether oxygens (including phenoxy) is 1. The molecule has 4 heteroatoms. The van der Waals surface area contributed by atoms with Crippen LogP contribution in [-0.4, -0.2) is 23.3 Å². The number of methoxy groups -OCH3 is 1. The normalized spacial score (nSPS) is 10.3. The van der Waals surface area contributed by atoms with E-state index < -0.39 is 5.97 Å². The number of unbranched alkanes of at least 4 members (excludes halogenated alkanes) is 1. The highest BCUT2D eigenvalue weighted by atomic mass is 16.5. The fourth-order valence-corrected chi connectivity index (χ4v) is 1.78. The standard InChI is InChI=1S/C13H18O4/c1-4-5-6-9-10(14)7-8(2)11(12(9)15)13(16)17-3/h7,14-15H,4-6H2,1-3H3. The minimum Gasteiger partial charge on any atom is -0.508 e. The SMILES string of the molecule is CCCCc1c(O)cc(C)c(C(=O)OC)c1O. The van der Waals surface area contributed by atoms with Crippen molar-refractivity contribution in [1.82, 2.24) is 0 Å². The summed E-state index contributed by atoms with van der Waals surface area (Å²) < 4.78 is 4.62. The molecule has 0 atom stereocenters. The molecule has 17 heavy (non-hydrogen) atoms. The maximum atomic E-state index is 11.5. The molecule has 1 rings (SSSR count). The molecule has 0 heterocycles.